The van der Waals surface area contributed by atoms with Crippen LogP contribution < -0.4 is 0 Å². The van der Waals surface area contributed by atoms with Crippen molar-refractivity contribution in [3.63, 3.8) is 0 Å². The maximum Gasteiger partial charge on any atom is 0.183 e. The van der Waals surface area contributed by atoms with E-state index < -0.39 is 0 Å². The summed E-state index contributed by atoms with van der Waals surface area (Å²) in [5, 5.41) is 66.9. The van der Waals surface area contributed by atoms with E-state index in [0.717, 1.165) is 17.8 Å². The molecule has 87 heavy (non-hydrogen) atoms. The summed E-state index contributed by atoms with van der Waals surface area (Å²) in [6.45, 7) is 72.0. The van der Waals surface area contributed by atoms with Crippen molar-refractivity contribution in [2.45, 2.75) is 228 Å². The molecule has 0 unspecified atom stereocenters. The minimum absolute atomic E-state index is 0.500. The van der Waals surface area contributed by atoms with Crippen LogP contribution in [0.1, 0.15) is 228 Å². The third kappa shape index (κ3) is 326. The molecule has 0 aliphatic heterocycles. The summed E-state index contributed by atoms with van der Waals surface area (Å²) < 4.78 is 16.2. The largest absolute Gasteiger partial charge is 0.365 e. The Morgan fingerprint density at radius 1 is 0.356 bits per heavy atom. The average molecular weight is 1250 g/mol. The van der Waals surface area contributed by atoms with E-state index >= 15 is 0 Å². The first kappa shape index (κ1) is 98.7. The lowest BCUT2D eigenvalue weighted by Gasteiger charge is -2.05. The van der Waals surface area contributed by atoms with Crippen LogP contribution >= 0.6 is 11.5 Å². The SMILES string of the molecule is CC(C)(C)C.CC(C)(C)C.CC(C)(C)C.CC(C)(C)C.CC(C)(C)C.CC(C)(C)C.CC(C)C.CC(C)C.CC(C)C.c1cn[nH]c1.c1cn[nH]n1.c1cnoc1.c1cnon1.c1cnsc1.c1nc[nH]n1.c1nn[nH]n1.c1nn[nH]n1.c1nnon1. The van der Waals surface area contributed by atoms with Gasteiger partial charge in [0.15, 0.2) is 19.0 Å². The lowest BCUT2D eigenvalue weighted by atomic mass is 10.0. The number of aromatic amines is 5. The van der Waals surface area contributed by atoms with Crippen molar-refractivity contribution in [3.05, 3.63) is 111 Å². The average Bonchev–Trinajstić information content (AvgIpc) is 4.22. The normalized spacial score (nSPS) is 9.52. The first-order valence-electron chi connectivity index (χ1n) is 28.5. The third-order valence-electron chi connectivity index (χ3n) is 2.81. The van der Waals surface area contributed by atoms with E-state index in [1.165, 1.54) is 61.8 Å². The van der Waals surface area contributed by atoms with Crippen molar-refractivity contribution in [2.75, 3.05) is 0 Å². The molecule has 0 saturated carbocycles. The fourth-order valence-electron chi connectivity index (χ4n) is 1.40. The van der Waals surface area contributed by atoms with Gasteiger partial charge in [-0.15, -0.1) is 20.4 Å². The van der Waals surface area contributed by atoms with E-state index in [2.05, 4.69) is 360 Å². The molecule has 504 valence electrons. The van der Waals surface area contributed by atoms with E-state index in [1.807, 2.05) is 17.5 Å². The van der Waals surface area contributed by atoms with Gasteiger partial charge in [-0.2, -0.15) is 36.0 Å². The molecular formula is C60H125N23O3S. The smallest absolute Gasteiger partial charge is 0.183 e. The molecule has 9 rings (SSSR count). The fraction of sp³-hybridized carbons (Fsp3) is 0.700. The number of rotatable bonds is 0. The zero-order valence-corrected chi connectivity index (χ0v) is 61.1. The second kappa shape index (κ2) is 69.5. The molecule has 27 heteroatoms. The number of H-pyrrole nitrogens is 5. The molecule has 0 atom stereocenters. The predicted molar refractivity (Wildman–Crippen MR) is 357 cm³/mol. The number of nitrogens with zero attached hydrogens (tertiary/aromatic N) is 18. The Kier molecular flexibility index (Phi) is 78.8. The van der Waals surface area contributed by atoms with Crippen molar-refractivity contribution >= 4 is 11.5 Å². The lowest BCUT2D eigenvalue weighted by molar-refractivity contribution is 0.292. The Labute approximate surface area is 530 Å². The number of hydrogen-bond acceptors (Lipinski definition) is 22. The highest BCUT2D eigenvalue weighted by atomic mass is 32.1. The molecule has 9 aromatic heterocycles. The van der Waals surface area contributed by atoms with Crippen molar-refractivity contribution in [1.29, 1.82) is 0 Å². The van der Waals surface area contributed by atoms with Crippen molar-refractivity contribution in [1.82, 2.24) is 117 Å². The minimum atomic E-state index is 0.500. The summed E-state index contributed by atoms with van der Waals surface area (Å²) in [5.41, 5.74) is 3.00. The molecule has 9 heterocycles. The van der Waals surface area contributed by atoms with E-state index in [-0.39, 0.29) is 0 Å². The molecule has 9 aromatic rings. The first-order chi connectivity index (χ1) is 39.7. The Morgan fingerprint density at radius 3 is 0.862 bits per heavy atom. The number of tetrazole rings is 2. The van der Waals surface area contributed by atoms with Gasteiger partial charge in [0.2, 0.25) is 0 Å². The standard InChI is InChI=1S/6C5H12.3C4H10.C3H4N2.C3H3NO.C3H3NS.2C2H3N3.C2H2N2O.2CH2N4.CHN3O/c6*1-5(2,3)4;3*1-4(2)3;3*1-2-4-5-3-1;1-3-2-5-4-1;5*1-2-4-5-3-1/h6*1-4H3;3*4H,1-3H3;1-3H,(H,4,5);2*1-3H;2*1-2H,(H,3,4,5);1-2H;2*1H,(H,2,3,4,5);1H. The van der Waals surface area contributed by atoms with Crippen LogP contribution in [0.25, 0.3) is 0 Å². The Bertz CT molecular complexity index is 1540. The van der Waals surface area contributed by atoms with Crippen LogP contribution in [0.15, 0.2) is 125 Å². The van der Waals surface area contributed by atoms with E-state index in [4.69, 9.17) is 0 Å². The molecule has 0 saturated heterocycles. The van der Waals surface area contributed by atoms with Gasteiger partial charge in [0.1, 0.15) is 18.9 Å². The topological polar surface area (TPSA) is 350 Å². The van der Waals surface area contributed by atoms with Gasteiger partial charge in [0, 0.05) is 24.0 Å². The van der Waals surface area contributed by atoms with Crippen LogP contribution in [0.5, 0.6) is 0 Å². The van der Waals surface area contributed by atoms with E-state index in [9.17, 15) is 0 Å². The molecule has 0 aliphatic carbocycles. The summed E-state index contributed by atoms with van der Waals surface area (Å²) in [5.74, 6) is 2.50. The summed E-state index contributed by atoms with van der Waals surface area (Å²) in [7, 11) is 0. The van der Waals surface area contributed by atoms with Gasteiger partial charge in [0.05, 0.1) is 36.3 Å². The molecular weight excluding hydrogens is 1120 g/mol. The number of aromatic nitrogens is 23. The van der Waals surface area contributed by atoms with Crippen molar-refractivity contribution < 1.29 is 13.8 Å². The van der Waals surface area contributed by atoms with E-state index in [0.29, 0.717) is 32.5 Å². The van der Waals surface area contributed by atoms with Crippen LogP contribution in [0.4, 0.5) is 0 Å². The first-order valence-corrected chi connectivity index (χ1v) is 29.4. The third-order valence-corrected chi connectivity index (χ3v) is 3.34. The van der Waals surface area contributed by atoms with Crippen LogP contribution in [-0.2, 0) is 0 Å². The predicted octanol–water partition coefficient (Wildman–Crippen LogP) is 17.1. The highest BCUT2D eigenvalue weighted by Crippen LogP contribution is 2.10. The molecule has 0 radical (unpaired) electrons. The zero-order valence-electron chi connectivity index (χ0n) is 60.3. The molecule has 5 N–H and O–H groups in total. The molecule has 0 aliphatic rings. The summed E-state index contributed by atoms with van der Waals surface area (Å²) in [4.78, 5) is 3.56. The van der Waals surface area contributed by atoms with E-state index in [1.54, 1.807) is 43.2 Å². The summed E-state index contributed by atoms with van der Waals surface area (Å²) in [6, 6.07) is 5.46. The molecule has 0 spiro atoms. The van der Waals surface area contributed by atoms with Gasteiger partial charge >= 0.3 is 0 Å². The Balaban J connectivity index is -0.000000106. The van der Waals surface area contributed by atoms with Gasteiger partial charge in [-0.25, -0.2) is 18.6 Å². The zero-order chi connectivity index (χ0) is 69.6. The summed E-state index contributed by atoms with van der Waals surface area (Å²) in [6.07, 6.45) is 21.3. The Morgan fingerprint density at radius 2 is 0.770 bits per heavy atom. The highest BCUT2D eigenvalue weighted by molar-refractivity contribution is 7.03. The molecule has 26 nitrogen and oxygen atoms in total. The summed E-state index contributed by atoms with van der Waals surface area (Å²) >= 11 is 1.46. The van der Waals surface area contributed by atoms with Gasteiger partial charge in [0.25, 0.3) is 0 Å². The number of hydrogen-bond donors (Lipinski definition) is 5. The Hall–Kier alpha value is -7.32. The van der Waals surface area contributed by atoms with Crippen LogP contribution in [0, 0.1) is 50.2 Å². The molecule has 0 fully saturated rings. The lowest BCUT2D eigenvalue weighted by Crippen LogP contribution is -1.93. The van der Waals surface area contributed by atoms with Gasteiger partial charge in [-0.1, -0.05) is 259 Å². The quantitative estimate of drug-likeness (QED) is 0.0941. The maximum absolute atomic E-state index is 4.33. The van der Waals surface area contributed by atoms with Gasteiger partial charge < -0.3 is 4.52 Å². The van der Waals surface area contributed by atoms with Crippen molar-refractivity contribution in [2.24, 2.45) is 50.2 Å². The highest BCUT2D eigenvalue weighted by Gasteiger charge is 1.98. The molecule has 0 aromatic carbocycles. The minimum Gasteiger partial charge on any atom is -0.365 e. The molecule has 0 amide bonds. The van der Waals surface area contributed by atoms with Crippen LogP contribution in [0.2, 0.25) is 0 Å². The number of nitrogens with one attached hydrogen (secondary N) is 5. The maximum atomic E-state index is 4.33. The van der Waals surface area contributed by atoms with Crippen LogP contribution in [0.3, 0.4) is 0 Å². The monoisotopic (exact) mass is 1250 g/mol. The van der Waals surface area contributed by atoms with Gasteiger partial charge in [-0.3, -0.25) is 10.2 Å². The molecule has 0 bridgehead atoms. The van der Waals surface area contributed by atoms with Crippen molar-refractivity contribution in [3.8, 4) is 0 Å². The fourth-order valence-corrected chi connectivity index (χ4v) is 1.75. The van der Waals surface area contributed by atoms with Crippen LogP contribution in [-0.4, -0.2) is 117 Å². The van der Waals surface area contributed by atoms with Gasteiger partial charge in [-0.05, 0) is 85.1 Å². The second-order valence-corrected chi connectivity index (χ2v) is 29.6. The second-order valence-electron chi connectivity index (χ2n) is 28.9.